The van der Waals surface area contributed by atoms with Gasteiger partial charge in [0.25, 0.3) is 5.91 Å². The van der Waals surface area contributed by atoms with E-state index in [0.29, 0.717) is 13.0 Å². The molecule has 0 bridgehead atoms. The average molecular weight is 367 g/mol. The number of carbonyl (C=O) groups excluding carboxylic acids is 2. The van der Waals surface area contributed by atoms with E-state index in [0.717, 1.165) is 17.5 Å². The lowest BCUT2D eigenvalue weighted by atomic mass is 9.85. The van der Waals surface area contributed by atoms with Gasteiger partial charge in [0.05, 0.1) is 12.6 Å². The molecule has 0 radical (unpaired) electrons. The number of rotatable bonds is 2. The average Bonchev–Trinajstić information content (AvgIpc) is 2.67. The Morgan fingerprint density at radius 2 is 1.89 bits per heavy atom. The Kier molecular flexibility index (Phi) is 4.56. The summed E-state index contributed by atoms with van der Waals surface area (Å²) in [7, 11) is 0. The van der Waals surface area contributed by atoms with Gasteiger partial charge in [-0.1, -0.05) is 36.4 Å². The monoisotopic (exact) mass is 367 g/mol. The minimum atomic E-state index is -1.14. The van der Waals surface area contributed by atoms with Crippen LogP contribution in [0.5, 0.6) is 0 Å². The molecule has 0 aromatic heterocycles. The van der Waals surface area contributed by atoms with E-state index in [4.69, 9.17) is 4.74 Å². The number of nitrogens with zero attached hydrogens (tertiary/aromatic N) is 1. The summed E-state index contributed by atoms with van der Waals surface area (Å²) in [5.41, 5.74) is 1.93. The molecular formula is C22H22FNO3. The zero-order chi connectivity index (χ0) is 19.0. The van der Waals surface area contributed by atoms with Gasteiger partial charge >= 0.3 is 0 Å². The first kappa shape index (κ1) is 17.9. The van der Waals surface area contributed by atoms with Gasteiger partial charge in [0.2, 0.25) is 0 Å². The van der Waals surface area contributed by atoms with Crippen LogP contribution >= 0.6 is 0 Å². The summed E-state index contributed by atoms with van der Waals surface area (Å²) in [6.07, 6.45) is 1.19. The predicted octanol–water partition coefficient (Wildman–Crippen LogP) is 3.44. The molecule has 0 aliphatic carbocycles. The Morgan fingerprint density at radius 1 is 1.15 bits per heavy atom. The van der Waals surface area contributed by atoms with Gasteiger partial charge in [-0.15, -0.1) is 0 Å². The van der Waals surface area contributed by atoms with Crippen LogP contribution in [0, 0.1) is 5.82 Å². The largest absolute Gasteiger partial charge is 0.365 e. The van der Waals surface area contributed by atoms with Crippen molar-refractivity contribution in [2.45, 2.75) is 37.8 Å². The number of fused-ring (bicyclic) bond motifs is 1. The van der Waals surface area contributed by atoms with Crippen molar-refractivity contribution in [2.24, 2.45) is 0 Å². The highest BCUT2D eigenvalue weighted by atomic mass is 19.1. The fourth-order valence-corrected chi connectivity index (χ4v) is 4.14. The minimum Gasteiger partial charge on any atom is -0.365 e. The number of halogens is 1. The van der Waals surface area contributed by atoms with Crippen LogP contribution in [0.15, 0.2) is 48.5 Å². The Labute approximate surface area is 157 Å². The van der Waals surface area contributed by atoms with Gasteiger partial charge in [-0.2, -0.15) is 0 Å². The number of amides is 1. The molecule has 0 N–H and O–H groups in total. The number of ketones is 1. The number of benzene rings is 2. The molecule has 2 aromatic rings. The first-order valence-electron chi connectivity index (χ1n) is 9.28. The second kappa shape index (κ2) is 6.89. The first-order chi connectivity index (χ1) is 13.0. The number of carbonyl (C=O) groups is 2. The molecule has 5 heteroatoms. The van der Waals surface area contributed by atoms with E-state index >= 15 is 0 Å². The zero-order valence-electron chi connectivity index (χ0n) is 15.3. The molecule has 0 saturated carbocycles. The highest BCUT2D eigenvalue weighted by molar-refractivity contribution is 5.93. The Morgan fingerprint density at radius 3 is 2.63 bits per heavy atom. The summed E-state index contributed by atoms with van der Waals surface area (Å²) < 4.78 is 19.2. The van der Waals surface area contributed by atoms with Crippen molar-refractivity contribution in [2.75, 3.05) is 13.2 Å². The second-order valence-electron chi connectivity index (χ2n) is 7.45. The van der Waals surface area contributed by atoms with Crippen molar-refractivity contribution < 1.29 is 18.7 Å². The summed E-state index contributed by atoms with van der Waals surface area (Å²) in [5.74, 6) is -0.443. The van der Waals surface area contributed by atoms with Crippen LogP contribution in [0.25, 0.3) is 0 Å². The van der Waals surface area contributed by atoms with E-state index in [9.17, 15) is 14.0 Å². The maximum absolute atomic E-state index is 13.5. The molecule has 2 heterocycles. The smallest absolute Gasteiger partial charge is 0.255 e. The lowest BCUT2D eigenvalue weighted by Gasteiger charge is -2.43. The maximum atomic E-state index is 13.5. The van der Waals surface area contributed by atoms with Crippen LogP contribution in [-0.4, -0.2) is 35.3 Å². The van der Waals surface area contributed by atoms with Crippen molar-refractivity contribution in [1.82, 2.24) is 4.90 Å². The van der Waals surface area contributed by atoms with Crippen LogP contribution in [0.1, 0.15) is 42.5 Å². The van der Waals surface area contributed by atoms with Crippen molar-refractivity contribution in [3.63, 3.8) is 0 Å². The molecule has 0 unspecified atom stereocenters. The van der Waals surface area contributed by atoms with Crippen molar-refractivity contribution in [3.8, 4) is 0 Å². The molecule has 4 nitrogen and oxygen atoms in total. The van der Waals surface area contributed by atoms with Gasteiger partial charge < -0.3 is 9.64 Å². The zero-order valence-corrected chi connectivity index (χ0v) is 15.3. The lowest BCUT2D eigenvalue weighted by molar-refractivity contribution is -0.168. The normalized spacial score (nSPS) is 25.2. The van der Waals surface area contributed by atoms with Crippen LogP contribution in [0.2, 0.25) is 0 Å². The van der Waals surface area contributed by atoms with E-state index in [2.05, 4.69) is 6.07 Å². The van der Waals surface area contributed by atoms with Gasteiger partial charge in [0.15, 0.2) is 5.60 Å². The van der Waals surface area contributed by atoms with Crippen LogP contribution in [0.4, 0.5) is 4.39 Å². The summed E-state index contributed by atoms with van der Waals surface area (Å²) in [6.45, 7) is 2.51. The van der Waals surface area contributed by atoms with Crippen LogP contribution in [-0.2, 0) is 20.7 Å². The molecule has 1 fully saturated rings. The molecule has 0 spiro atoms. The third-order valence-electron chi connectivity index (χ3n) is 5.52. The Hall–Kier alpha value is -2.53. The highest BCUT2D eigenvalue weighted by Gasteiger charge is 2.45. The van der Waals surface area contributed by atoms with Gasteiger partial charge in [-0.3, -0.25) is 9.59 Å². The van der Waals surface area contributed by atoms with Crippen molar-refractivity contribution in [3.05, 3.63) is 71.0 Å². The second-order valence-corrected chi connectivity index (χ2v) is 7.45. The third kappa shape index (κ3) is 3.28. The molecule has 1 amide bonds. The van der Waals surface area contributed by atoms with Crippen molar-refractivity contribution >= 4 is 11.7 Å². The highest BCUT2D eigenvalue weighted by Crippen LogP contribution is 2.38. The molecule has 4 rings (SSSR count). The van der Waals surface area contributed by atoms with E-state index in [1.54, 1.807) is 24.0 Å². The summed E-state index contributed by atoms with van der Waals surface area (Å²) >= 11 is 0. The van der Waals surface area contributed by atoms with E-state index in [1.807, 2.05) is 18.2 Å². The topological polar surface area (TPSA) is 46.6 Å². The molecule has 1 saturated heterocycles. The van der Waals surface area contributed by atoms with Gasteiger partial charge in [0, 0.05) is 19.4 Å². The summed E-state index contributed by atoms with van der Waals surface area (Å²) in [5, 5.41) is 0. The fraction of sp³-hybridized carbons (Fsp3) is 0.364. The van der Waals surface area contributed by atoms with E-state index in [1.165, 1.54) is 17.7 Å². The lowest BCUT2D eigenvalue weighted by Crippen LogP contribution is -2.54. The molecule has 27 heavy (non-hydrogen) atoms. The number of hydrogen-bond acceptors (Lipinski definition) is 3. The number of hydrogen-bond donors (Lipinski definition) is 0. The van der Waals surface area contributed by atoms with Crippen molar-refractivity contribution in [1.29, 1.82) is 0 Å². The van der Waals surface area contributed by atoms with E-state index in [-0.39, 0.29) is 36.6 Å². The van der Waals surface area contributed by atoms with Crippen LogP contribution in [0.3, 0.4) is 0 Å². The molecule has 2 aliphatic heterocycles. The van der Waals surface area contributed by atoms with Gasteiger partial charge in [-0.25, -0.2) is 4.39 Å². The minimum absolute atomic E-state index is 0.0489. The number of ether oxygens (including phenoxy) is 1. The van der Waals surface area contributed by atoms with Gasteiger partial charge in [0.1, 0.15) is 11.6 Å². The first-order valence-corrected chi connectivity index (χ1v) is 9.28. The van der Waals surface area contributed by atoms with Gasteiger partial charge in [-0.05, 0) is 42.2 Å². The summed E-state index contributed by atoms with van der Waals surface area (Å²) in [4.78, 5) is 27.2. The standard InChI is InChI=1S/C22H22FNO3/c1-22(14-18(25)11-13-27-22)21(26)24-12-10-15-4-2-3-5-19(15)20(24)16-6-8-17(23)9-7-16/h2-9,20H,10-14H2,1H3/t20-,22+/m0/s1. The maximum Gasteiger partial charge on any atom is 0.255 e. The molecular weight excluding hydrogens is 345 g/mol. The number of Topliss-reactive ketones (excluding diaryl/α,β-unsaturated/α-hetero) is 1. The third-order valence-corrected chi connectivity index (χ3v) is 5.52. The molecule has 2 aromatic carbocycles. The molecule has 140 valence electrons. The molecule has 2 aliphatic rings. The fourth-order valence-electron chi connectivity index (χ4n) is 4.14. The SMILES string of the molecule is C[C@]1(C(=O)N2CCc3ccccc3[C@@H]2c2ccc(F)cc2)CC(=O)CCO1. The predicted molar refractivity (Wildman–Crippen MR) is 98.7 cm³/mol. The Balaban J connectivity index is 1.75. The van der Waals surface area contributed by atoms with E-state index < -0.39 is 5.60 Å². The summed E-state index contributed by atoms with van der Waals surface area (Å²) in [6, 6.07) is 14.0. The molecule has 2 atom stereocenters. The van der Waals surface area contributed by atoms with Crippen LogP contribution < -0.4 is 0 Å². The quantitative estimate of drug-likeness (QED) is 0.817. The Bertz CT molecular complexity index is 879.